The fraction of sp³-hybridized carbons (Fsp3) is 0.300. The summed E-state index contributed by atoms with van der Waals surface area (Å²) in [4.78, 5) is 38.8. The number of piperazine rings is 1. The Labute approximate surface area is 183 Å². The van der Waals surface area contributed by atoms with Gasteiger partial charge in [0.15, 0.2) is 5.11 Å². The SMILES string of the molecule is O=C(CC1C(=O)NCCN1C(=S)NC(=O)c1cccs1)OCCOc1ccccc1. The van der Waals surface area contributed by atoms with E-state index >= 15 is 0 Å². The third-order valence-corrected chi connectivity index (χ3v) is 5.48. The number of benzene rings is 1. The molecule has 1 aliphatic rings. The van der Waals surface area contributed by atoms with E-state index in [-0.39, 0.29) is 36.6 Å². The second-order valence-corrected chi connectivity index (χ2v) is 7.66. The smallest absolute Gasteiger partial charge is 0.308 e. The van der Waals surface area contributed by atoms with Gasteiger partial charge in [0.1, 0.15) is 25.0 Å². The normalized spacial score (nSPS) is 15.8. The lowest BCUT2D eigenvalue weighted by atomic mass is 10.1. The number of nitrogens with zero attached hydrogens (tertiary/aromatic N) is 1. The molecule has 158 valence electrons. The number of rotatable bonds is 7. The highest BCUT2D eigenvalue weighted by Gasteiger charge is 2.34. The van der Waals surface area contributed by atoms with E-state index in [2.05, 4.69) is 10.6 Å². The van der Waals surface area contributed by atoms with Gasteiger partial charge in [-0.25, -0.2) is 0 Å². The first kappa shape index (κ1) is 21.7. The van der Waals surface area contributed by atoms with Crippen LogP contribution in [0.5, 0.6) is 5.75 Å². The third-order valence-electron chi connectivity index (χ3n) is 4.28. The zero-order valence-corrected chi connectivity index (χ0v) is 17.7. The van der Waals surface area contributed by atoms with E-state index in [1.54, 1.807) is 34.5 Å². The Hall–Kier alpha value is -2.98. The molecular weight excluding hydrogens is 426 g/mol. The summed E-state index contributed by atoms with van der Waals surface area (Å²) in [6, 6.07) is 11.8. The number of carbonyl (C=O) groups is 3. The summed E-state index contributed by atoms with van der Waals surface area (Å²) in [5.74, 6) is -0.559. The third kappa shape index (κ3) is 6.01. The van der Waals surface area contributed by atoms with E-state index in [4.69, 9.17) is 21.7 Å². The van der Waals surface area contributed by atoms with Crippen molar-refractivity contribution in [2.75, 3.05) is 26.3 Å². The topological polar surface area (TPSA) is 97.0 Å². The number of carbonyl (C=O) groups excluding carboxylic acids is 3. The van der Waals surface area contributed by atoms with Gasteiger partial charge in [0.05, 0.1) is 11.3 Å². The van der Waals surface area contributed by atoms with Crippen molar-refractivity contribution in [2.24, 2.45) is 0 Å². The van der Waals surface area contributed by atoms with Gasteiger partial charge in [-0.2, -0.15) is 0 Å². The van der Waals surface area contributed by atoms with Gasteiger partial charge < -0.3 is 19.7 Å². The average Bonchev–Trinajstić information content (AvgIpc) is 3.28. The lowest BCUT2D eigenvalue weighted by molar-refractivity contribution is -0.148. The number of nitrogens with one attached hydrogen (secondary N) is 2. The minimum Gasteiger partial charge on any atom is -0.490 e. The number of para-hydroxylation sites is 1. The van der Waals surface area contributed by atoms with Crippen molar-refractivity contribution in [3.63, 3.8) is 0 Å². The summed E-state index contributed by atoms with van der Waals surface area (Å²) in [6.07, 6.45) is -0.188. The molecule has 2 aromatic rings. The quantitative estimate of drug-likeness (QED) is 0.378. The highest BCUT2D eigenvalue weighted by Crippen LogP contribution is 2.13. The molecule has 30 heavy (non-hydrogen) atoms. The molecule has 1 fully saturated rings. The molecular formula is C20H21N3O5S2. The number of hydrogen-bond donors (Lipinski definition) is 2. The van der Waals surface area contributed by atoms with Crippen LogP contribution < -0.4 is 15.4 Å². The maximum Gasteiger partial charge on any atom is 0.308 e. The molecule has 2 N–H and O–H groups in total. The van der Waals surface area contributed by atoms with Crippen LogP contribution in [0.2, 0.25) is 0 Å². The fourth-order valence-corrected chi connectivity index (χ4v) is 3.78. The second-order valence-electron chi connectivity index (χ2n) is 6.32. The van der Waals surface area contributed by atoms with E-state index in [0.29, 0.717) is 23.7 Å². The van der Waals surface area contributed by atoms with Gasteiger partial charge in [0.2, 0.25) is 5.91 Å². The van der Waals surface area contributed by atoms with E-state index in [1.807, 2.05) is 18.2 Å². The molecule has 3 rings (SSSR count). The highest BCUT2D eigenvalue weighted by molar-refractivity contribution is 7.80. The molecule has 1 aromatic heterocycles. The zero-order valence-electron chi connectivity index (χ0n) is 16.0. The van der Waals surface area contributed by atoms with Crippen LogP contribution >= 0.6 is 23.6 Å². The van der Waals surface area contributed by atoms with Crippen LogP contribution in [-0.2, 0) is 14.3 Å². The highest BCUT2D eigenvalue weighted by atomic mass is 32.1. The van der Waals surface area contributed by atoms with Crippen LogP contribution in [0.25, 0.3) is 0 Å². The first-order chi connectivity index (χ1) is 14.5. The Morgan fingerprint density at radius 3 is 2.73 bits per heavy atom. The average molecular weight is 448 g/mol. The molecule has 0 bridgehead atoms. The number of hydrogen-bond acceptors (Lipinski definition) is 7. The monoisotopic (exact) mass is 447 g/mol. The number of amides is 2. The molecule has 0 spiro atoms. The molecule has 1 unspecified atom stereocenters. The van der Waals surface area contributed by atoms with Gasteiger partial charge in [-0.05, 0) is 35.8 Å². The van der Waals surface area contributed by atoms with Crippen LogP contribution in [0.1, 0.15) is 16.1 Å². The van der Waals surface area contributed by atoms with Gasteiger partial charge in [0.25, 0.3) is 5.91 Å². The summed E-state index contributed by atoms with van der Waals surface area (Å²) in [5, 5.41) is 7.22. The van der Waals surface area contributed by atoms with Gasteiger partial charge >= 0.3 is 5.97 Å². The first-order valence-corrected chi connectivity index (χ1v) is 10.6. The Morgan fingerprint density at radius 1 is 1.20 bits per heavy atom. The van der Waals surface area contributed by atoms with Gasteiger partial charge in [-0.1, -0.05) is 24.3 Å². The van der Waals surface area contributed by atoms with Crippen LogP contribution in [0, 0.1) is 0 Å². The molecule has 1 aliphatic heterocycles. The van der Waals surface area contributed by atoms with E-state index < -0.39 is 12.0 Å². The molecule has 0 saturated carbocycles. The van der Waals surface area contributed by atoms with Gasteiger partial charge in [-0.3, -0.25) is 19.7 Å². The van der Waals surface area contributed by atoms with Crippen molar-refractivity contribution in [2.45, 2.75) is 12.5 Å². The predicted molar refractivity (Wildman–Crippen MR) is 115 cm³/mol. The standard InChI is InChI=1S/C20H21N3O5S2/c24-17(28-11-10-27-14-5-2-1-3-6-14)13-15-18(25)21-8-9-23(15)20(29)22-19(26)16-7-4-12-30-16/h1-7,12,15H,8-11,13H2,(H,21,25)(H,22,26,29). The lowest BCUT2D eigenvalue weighted by Crippen LogP contribution is -2.60. The van der Waals surface area contributed by atoms with Crippen LogP contribution in [0.4, 0.5) is 0 Å². The van der Waals surface area contributed by atoms with Crippen LogP contribution in [-0.4, -0.2) is 60.1 Å². The van der Waals surface area contributed by atoms with Gasteiger partial charge in [0, 0.05) is 13.1 Å². The maximum absolute atomic E-state index is 12.3. The Morgan fingerprint density at radius 2 is 2.00 bits per heavy atom. The zero-order chi connectivity index (χ0) is 21.3. The largest absolute Gasteiger partial charge is 0.490 e. The first-order valence-electron chi connectivity index (χ1n) is 9.31. The molecule has 1 aromatic carbocycles. The molecule has 8 nitrogen and oxygen atoms in total. The van der Waals surface area contributed by atoms with E-state index in [0.717, 1.165) is 0 Å². The number of esters is 1. The molecule has 2 heterocycles. The number of thiophene rings is 1. The molecule has 1 atom stereocenters. The van der Waals surface area contributed by atoms with Crippen molar-refractivity contribution in [3.8, 4) is 5.75 Å². The second kappa shape index (κ2) is 10.7. The Balaban J connectivity index is 1.49. The summed E-state index contributed by atoms with van der Waals surface area (Å²) >= 11 is 6.60. The maximum atomic E-state index is 12.3. The summed E-state index contributed by atoms with van der Waals surface area (Å²) in [7, 11) is 0. The molecule has 0 radical (unpaired) electrons. The summed E-state index contributed by atoms with van der Waals surface area (Å²) < 4.78 is 10.7. The Bertz CT molecular complexity index is 889. The van der Waals surface area contributed by atoms with E-state index in [9.17, 15) is 14.4 Å². The minimum absolute atomic E-state index is 0.0572. The van der Waals surface area contributed by atoms with Crippen molar-refractivity contribution in [1.29, 1.82) is 0 Å². The number of thiocarbonyl (C=S) groups is 1. The molecule has 10 heteroatoms. The van der Waals surface area contributed by atoms with Crippen LogP contribution in [0.15, 0.2) is 47.8 Å². The Kier molecular flexibility index (Phi) is 7.75. The molecule has 1 saturated heterocycles. The molecule has 2 amide bonds. The predicted octanol–water partition coefficient (Wildman–Crippen LogP) is 1.58. The fourth-order valence-electron chi connectivity index (χ4n) is 2.85. The van der Waals surface area contributed by atoms with E-state index in [1.165, 1.54) is 11.3 Å². The molecule has 0 aliphatic carbocycles. The van der Waals surface area contributed by atoms with Gasteiger partial charge in [-0.15, -0.1) is 11.3 Å². The van der Waals surface area contributed by atoms with Crippen molar-refractivity contribution < 1.29 is 23.9 Å². The van der Waals surface area contributed by atoms with Crippen molar-refractivity contribution >= 4 is 46.5 Å². The summed E-state index contributed by atoms with van der Waals surface area (Å²) in [5.41, 5.74) is 0. The van der Waals surface area contributed by atoms with Crippen molar-refractivity contribution in [1.82, 2.24) is 15.5 Å². The lowest BCUT2D eigenvalue weighted by Gasteiger charge is -2.36. The van der Waals surface area contributed by atoms with Crippen molar-refractivity contribution in [3.05, 3.63) is 52.7 Å². The minimum atomic E-state index is -0.850. The summed E-state index contributed by atoms with van der Waals surface area (Å²) in [6.45, 7) is 1.00. The van der Waals surface area contributed by atoms with Crippen LogP contribution in [0.3, 0.4) is 0 Å². The number of ether oxygens (including phenoxy) is 2.